The summed E-state index contributed by atoms with van der Waals surface area (Å²) in [6.45, 7) is 7.56. The fourth-order valence-corrected chi connectivity index (χ4v) is 1.60. The SMILES string of the molecule is CNCC(=Cc1cccc(C)c1)C(C)C. The molecule has 1 aromatic rings. The first kappa shape index (κ1) is 12.0. The van der Waals surface area contributed by atoms with E-state index >= 15 is 0 Å². The summed E-state index contributed by atoms with van der Waals surface area (Å²) in [6, 6.07) is 8.62. The Balaban J connectivity index is 2.91. The van der Waals surface area contributed by atoms with E-state index in [2.05, 4.69) is 56.4 Å². The second-order valence-electron chi connectivity index (χ2n) is 4.32. The maximum absolute atomic E-state index is 3.22. The molecular weight excluding hydrogens is 182 g/mol. The predicted octanol–water partition coefficient (Wildman–Crippen LogP) is 3.25. The van der Waals surface area contributed by atoms with E-state index < -0.39 is 0 Å². The molecule has 0 aromatic heterocycles. The summed E-state index contributed by atoms with van der Waals surface area (Å²) in [5.41, 5.74) is 4.06. The molecule has 0 atom stereocenters. The number of hydrogen-bond acceptors (Lipinski definition) is 1. The molecule has 15 heavy (non-hydrogen) atoms. The van der Waals surface area contributed by atoms with E-state index in [1.807, 2.05) is 7.05 Å². The van der Waals surface area contributed by atoms with Crippen molar-refractivity contribution in [3.63, 3.8) is 0 Å². The first-order valence-corrected chi connectivity index (χ1v) is 5.55. The van der Waals surface area contributed by atoms with Gasteiger partial charge in [-0.3, -0.25) is 0 Å². The van der Waals surface area contributed by atoms with Gasteiger partial charge in [-0.2, -0.15) is 0 Å². The summed E-state index contributed by atoms with van der Waals surface area (Å²) in [5.74, 6) is 0.595. The molecule has 1 nitrogen and oxygen atoms in total. The highest BCUT2D eigenvalue weighted by Crippen LogP contribution is 2.14. The highest BCUT2D eigenvalue weighted by Gasteiger charge is 2.01. The number of hydrogen-bond donors (Lipinski definition) is 1. The Morgan fingerprint density at radius 1 is 1.40 bits per heavy atom. The van der Waals surface area contributed by atoms with Gasteiger partial charge in [0.05, 0.1) is 0 Å². The highest BCUT2D eigenvalue weighted by atomic mass is 14.8. The molecule has 0 spiro atoms. The standard InChI is InChI=1S/C14H21N/c1-11(2)14(10-15-4)9-13-7-5-6-12(3)8-13/h5-9,11,15H,10H2,1-4H3. The van der Waals surface area contributed by atoms with E-state index in [1.165, 1.54) is 16.7 Å². The van der Waals surface area contributed by atoms with Crippen LogP contribution in [0.15, 0.2) is 29.8 Å². The van der Waals surface area contributed by atoms with Crippen molar-refractivity contribution in [2.75, 3.05) is 13.6 Å². The third kappa shape index (κ3) is 3.88. The molecule has 0 saturated heterocycles. The summed E-state index contributed by atoms with van der Waals surface area (Å²) in [4.78, 5) is 0. The Hall–Kier alpha value is -1.08. The fourth-order valence-electron chi connectivity index (χ4n) is 1.60. The molecule has 0 heterocycles. The Morgan fingerprint density at radius 3 is 2.67 bits per heavy atom. The van der Waals surface area contributed by atoms with Crippen molar-refractivity contribution in [3.8, 4) is 0 Å². The van der Waals surface area contributed by atoms with Gasteiger partial charge >= 0.3 is 0 Å². The molecule has 0 bridgehead atoms. The normalized spacial score (nSPS) is 12.2. The van der Waals surface area contributed by atoms with Crippen LogP contribution in [0.5, 0.6) is 0 Å². The van der Waals surface area contributed by atoms with Crippen LogP contribution in [-0.4, -0.2) is 13.6 Å². The molecule has 0 aliphatic rings. The second kappa shape index (κ2) is 5.72. The largest absolute Gasteiger partial charge is 0.316 e. The highest BCUT2D eigenvalue weighted by molar-refractivity contribution is 5.54. The van der Waals surface area contributed by atoms with Gasteiger partial charge in [0.15, 0.2) is 0 Å². The van der Waals surface area contributed by atoms with E-state index in [9.17, 15) is 0 Å². The van der Waals surface area contributed by atoms with Crippen LogP contribution in [0.4, 0.5) is 0 Å². The summed E-state index contributed by atoms with van der Waals surface area (Å²) < 4.78 is 0. The van der Waals surface area contributed by atoms with Crippen molar-refractivity contribution >= 4 is 6.08 Å². The minimum Gasteiger partial charge on any atom is -0.316 e. The minimum atomic E-state index is 0.595. The van der Waals surface area contributed by atoms with Crippen LogP contribution < -0.4 is 5.32 Å². The third-order valence-electron chi connectivity index (χ3n) is 2.52. The van der Waals surface area contributed by atoms with E-state index in [-0.39, 0.29) is 0 Å². The van der Waals surface area contributed by atoms with Crippen molar-refractivity contribution in [2.24, 2.45) is 5.92 Å². The summed E-state index contributed by atoms with van der Waals surface area (Å²) in [6.07, 6.45) is 2.29. The zero-order valence-electron chi connectivity index (χ0n) is 10.2. The van der Waals surface area contributed by atoms with E-state index in [1.54, 1.807) is 0 Å². The summed E-state index contributed by atoms with van der Waals surface area (Å²) in [7, 11) is 1.99. The van der Waals surface area contributed by atoms with Crippen molar-refractivity contribution in [3.05, 3.63) is 41.0 Å². The lowest BCUT2D eigenvalue weighted by molar-refractivity contribution is 0.713. The average molecular weight is 203 g/mol. The van der Waals surface area contributed by atoms with Crippen molar-refractivity contribution in [1.82, 2.24) is 5.32 Å². The topological polar surface area (TPSA) is 12.0 Å². The van der Waals surface area contributed by atoms with Gasteiger partial charge < -0.3 is 5.32 Å². The number of nitrogens with one attached hydrogen (secondary N) is 1. The van der Waals surface area contributed by atoms with Crippen LogP contribution in [0.1, 0.15) is 25.0 Å². The Morgan fingerprint density at radius 2 is 2.13 bits per heavy atom. The van der Waals surface area contributed by atoms with Gasteiger partial charge in [0.25, 0.3) is 0 Å². The quantitative estimate of drug-likeness (QED) is 0.792. The van der Waals surface area contributed by atoms with Crippen LogP contribution in [0, 0.1) is 12.8 Å². The van der Waals surface area contributed by atoms with Crippen LogP contribution in [0.2, 0.25) is 0 Å². The van der Waals surface area contributed by atoms with Crippen LogP contribution in [-0.2, 0) is 0 Å². The fraction of sp³-hybridized carbons (Fsp3) is 0.429. The molecule has 0 saturated carbocycles. The molecule has 0 aliphatic carbocycles. The van der Waals surface area contributed by atoms with Crippen molar-refractivity contribution in [2.45, 2.75) is 20.8 Å². The maximum Gasteiger partial charge on any atom is 0.0167 e. The van der Waals surface area contributed by atoms with Crippen LogP contribution >= 0.6 is 0 Å². The predicted molar refractivity (Wildman–Crippen MR) is 67.9 cm³/mol. The smallest absolute Gasteiger partial charge is 0.0167 e. The lowest BCUT2D eigenvalue weighted by atomic mass is 9.99. The van der Waals surface area contributed by atoms with Gasteiger partial charge in [-0.25, -0.2) is 0 Å². The van der Waals surface area contributed by atoms with Crippen molar-refractivity contribution < 1.29 is 0 Å². The lowest BCUT2D eigenvalue weighted by Gasteiger charge is -2.11. The second-order valence-corrected chi connectivity index (χ2v) is 4.32. The molecule has 0 amide bonds. The summed E-state index contributed by atoms with van der Waals surface area (Å²) in [5, 5.41) is 3.22. The van der Waals surface area contributed by atoms with E-state index in [4.69, 9.17) is 0 Å². The number of aryl methyl sites for hydroxylation is 1. The molecule has 1 rings (SSSR count). The zero-order valence-corrected chi connectivity index (χ0v) is 10.2. The van der Waals surface area contributed by atoms with Gasteiger partial charge in [0, 0.05) is 6.54 Å². The molecular formula is C14H21N. The van der Waals surface area contributed by atoms with Gasteiger partial charge in [-0.05, 0) is 25.5 Å². The minimum absolute atomic E-state index is 0.595. The molecule has 0 aliphatic heterocycles. The van der Waals surface area contributed by atoms with Gasteiger partial charge in [-0.1, -0.05) is 55.3 Å². The molecule has 0 radical (unpaired) electrons. The van der Waals surface area contributed by atoms with Crippen molar-refractivity contribution in [1.29, 1.82) is 0 Å². The number of benzene rings is 1. The monoisotopic (exact) mass is 203 g/mol. The van der Waals surface area contributed by atoms with Gasteiger partial charge in [-0.15, -0.1) is 0 Å². The Kier molecular flexibility index (Phi) is 4.57. The third-order valence-corrected chi connectivity index (χ3v) is 2.52. The first-order chi connectivity index (χ1) is 7.13. The molecule has 1 heteroatoms. The molecule has 0 fully saturated rings. The average Bonchev–Trinajstić information content (AvgIpc) is 2.17. The number of rotatable bonds is 4. The van der Waals surface area contributed by atoms with Crippen LogP contribution in [0.25, 0.3) is 6.08 Å². The molecule has 1 aromatic carbocycles. The van der Waals surface area contributed by atoms with Gasteiger partial charge in [0.1, 0.15) is 0 Å². The van der Waals surface area contributed by atoms with Gasteiger partial charge in [0.2, 0.25) is 0 Å². The number of likely N-dealkylation sites (N-methyl/N-ethyl adjacent to an activating group) is 1. The summed E-state index contributed by atoms with van der Waals surface area (Å²) >= 11 is 0. The molecule has 82 valence electrons. The Labute approximate surface area is 93.2 Å². The van der Waals surface area contributed by atoms with Crippen LogP contribution in [0.3, 0.4) is 0 Å². The zero-order chi connectivity index (χ0) is 11.3. The van der Waals surface area contributed by atoms with E-state index in [0.717, 1.165) is 6.54 Å². The first-order valence-electron chi connectivity index (χ1n) is 5.55. The molecule has 0 unspecified atom stereocenters. The van der Waals surface area contributed by atoms with E-state index in [0.29, 0.717) is 5.92 Å². The maximum atomic E-state index is 3.22. The Bertz CT molecular complexity index is 337. The lowest BCUT2D eigenvalue weighted by Crippen LogP contribution is -2.13. The molecule has 1 N–H and O–H groups in total.